The van der Waals surface area contributed by atoms with Crippen molar-refractivity contribution in [2.24, 2.45) is 0 Å². The number of nitrogens with one attached hydrogen (secondary N) is 1. The molecule has 90 valence electrons. The Bertz CT molecular complexity index is 318. The summed E-state index contributed by atoms with van der Waals surface area (Å²) in [5, 5.41) is 6.63. The van der Waals surface area contributed by atoms with Crippen molar-refractivity contribution < 1.29 is 0 Å². The number of aromatic nitrogens is 1. The van der Waals surface area contributed by atoms with E-state index in [-0.39, 0.29) is 0 Å². The maximum absolute atomic E-state index is 4.43. The van der Waals surface area contributed by atoms with Gasteiger partial charge in [-0.2, -0.15) is 0 Å². The second kappa shape index (κ2) is 5.64. The second-order valence-corrected chi connectivity index (χ2v) is 5.56. The minimum atomic E-state index is 0.489. The first-order valence-corrected chi connectivity index (χ1v) is 7.03. The largest absolute Gasteiger partial charge is 0.358 e. The summed E-state index contributed by atoms with van der Waals surface area (Å²) in [6, 6.07) is 0.489. The number of piperidine rings is 1. The van der Waals surface area contributed by atoms with Gasteiger partial charge < -0.3 is 10.2 Å². The van der Waals surface area contributed by atoms with Gasteiger partial charge in [0.1, 0.15) is 0 Å². The summed E-state index contributed by atoms with van der Waals surface area (Å²) in [4.78, 5) is 6.99. The van der Waals surface area contributed by atoms with Gasteiger partial charge in [0.2, 0.25) is 0 Å². The quantitative estimate of drug-likeness (QED) is 0.875. The predicted molar refractivity (Wildman–Crippen MR) is 70.2 cm³/mol. The number of hydrogen-bond acceptors (Lipinski definition) is 4. The van der Waals surface area contributed by atoms with Gasteiger partial charge in [0, 0.05) is 18.0 Å². The van der Waals surface area contributed by atoms with Crippen LogP contribution in [0.15, 0.2) is 5.38 Å². The number of anilines is 1. The summed E-state index contributed by atoms with van der Waals surface area (Å²) in [6.07, 6.45) is 4.14. The second-order valence-electron chi connectivity index (χ2n) is 4.70. The van der Waals surface area contributed by atoms with Crippen LogP contribution in [0.3, 0.4) is 0 Å². The third kappa shape index (κ3) is 3.46. The highest BCUT2D eigenvalue weighted by Gasteiger charge is 2.13. The first-order chi connectivity index (χ1) is 7.74. The molecule has 0 radical (unpaired) electrons. The molecule has 0 aromatic carbocycles. The zero-order chi connectivity index (χ0) is 11.4. The molecule has 1 aromatic rings. The van der Waals surface area contributed by atoms with Gasteiger partial charge in [-0.05, 0) is 39.8 Å². The molecule has 0 bridgehead atoms. The molecule has 16 heavy (non-hydrogen) atoms. The Morgan fingerprint density at radius 3 is 2.81 bits per heavy atom. The molecule has 4 heteroatoms. The fourth-order valence-corrected chi connectivity index (χ4v) is 3.01. The first-order valence-electron chi connectivity index (χ1n) is 6.15. The fourth-order valence-electron chi connectivity index (χ4n) is 2.21. The maximum atomic E-state index is 4.43. The molecule has 0 spiro atoms. The topological polar surface area (TPSA) is 28.2 Å². The van der Waals surface area contributed by atoms with Gasteiger partial charge in [-0.25, -0.2) is 4.98 Å². The van der Waals surface area contributed by atoms with Crippen molar-refractivity contribution in [2.45, 2.75) is 39.2 Å². The summed E-state index contributed by atoms with van der Waals surface area (Å²) in [5.41, 5.74) is 1.11. The molecule has 1 atom stereocenters. The van der Waals surface area contributed by atoms with E-state index in [2.05, 4.69) is 27.5 Å². The lowest BCUT2D eigenvalue weighted by Gasteiger charge is -2.29. The number of rotatable bonds is 4. The van der Waals surface area contributed by atoms with E-state index >= 15 is 0 Å². The molecule has 1 unspecified atom stereocenters. The first kappa shape index (κ1) is 11.9. The molecular weight excluding hydrogens is 218 g/mol. The zero-order valence-electron chi connectivity index (χ0n) is 10.2. The van der Waals surface area contributed by atoms with Gasteiger partial charge in [-0.3, -0.25) is 0 Å². The Balaban J connectivity index is 1.77. The average Bonchev–Trinajstić information content (AvgIpc) is 2.65. The Labute approximate surface area is 102 Å². The van der Waals surface area contributed by atoms with E-state index in [0.29, 0.717) is 6.04 Å². The molecule has 2 heterocycles. The van der Waals surface area contributed by atoms with Crippen LogP contribution in [0.25, 0.3) is 0 Å². The zero-order valence-corrected chi connectivity index (χ0v) is 11.0. The minimum absolute atomic E-state index is 0.489. The summed E-state index contributed by atoms with van der Waals surface area (Å²) in [7, 11) is 0. The normalized spacial score (nSPS) is 19.6. The Kier molecular flexibility index (Phi) is 4.18. The van der Waals surface area contributed by atoms with Crippen molar-refractivity contribution in [2.75, 3.05) is 25.0 Å². The van der Waals surface area contributed by atoms with E-state index < -0.39 is 0 Å². The Hall–Kier alpha value is -0.610. The third-order valence-electron chi connectivity index (χ3n) is 2.97. The van der Waals surface area contributed by atoms with E-state index in [4.69, 9.17) is 0 Å². The van der Waals surface area contributed by atoms with Crippen LogP contribution in [0.5, 0.6) is 0 Å². The monoisotopic (exact) mass is 239 g/mol. The van der Waals surface area contributed by atoms with Crippen LogP contribution >= 0.6 is 11.3 Å². The number of thiazole rings is 1. The predicted octanol–water partition coefficient (Wildman–Crippen LogP) is 2.74. The molecule has 1 aliphatic rings. The van der Waals surface area contributed by atoms with Crippen molar-refractivity contribution in [1.82, 2.24) is 9.88 Å². The summed E-state index contributed by atoms with van der Waals surface area (Å²) in [6.45, 7) is 7.95. The standard InChI is InChI=1S/C12H21N3S/c1-10(8-15-6-4-3-5-7-15)13-12-14-11(2)9-16-12/h9-10H,3-8H2,1-2H3,(H,13,14). The van der Waals surface area contributed by atoms with Crippen molar-refractivity contribution in [3.8, 4) is 0 Å². The third-order valence-corrected chi connectivity index (χ3v) is 3.86. The summed E-state index contributed by atoms with van der Waals surface area (Å²) in [5.74, 6) is 0. The van der Waals surface area contributed by atoms with Crippen molar-refractivity contribution in [3.05, 3.63) is 11.1 Å². The lowest BCUT2D eigenvalue weighted by Crippen LogP contribution is -2.38. The highest BCUT2D eigenvalue weighted by molar-refractivity contribution is 7.13. The number of aryl methyl sites for hydroxylation is 1. The molecular formula is C12H21N3S. The molecule has 1 N–H and O–H groups in total. The maximum Gasteiger partial charge on any atom is 0.183 e. The van der Waals surface area contributed by atoms with Crippen LogP contribution in [0.2, 0.25) is 0 Å². The van der Waals surface area contributed by atoms with E-state index in [1.807, 2.05) is 6.92 Å². The fraction of sp³-hybridized carbons (Fsp3) is 0.750. The van der Waals surface area contributed by atoms with E-state index in [1.54, 1.807) is 11.3 Å². The van der Waals surface area contributed by atoms with Crippen LogP contribution in [-0.2, 0) is 0 Å². The van der Waals surface area contributed by atoms with Crippen LogP contribution in [0, 0.1) is 6.92 Å². The van der Waals surface area contributed by atoms with E-state index in [0.717, 1.165) is 17.4 Å². The van der Waals surface area contributed by atoms with Crippen LogP contribution < -0.4 is 5.32 Å². The van der Waals surface area contributed by atoms with Gasteiger partial charge in [0.15, 0.2) is 5.13 Å². The number of likely N-dealkylation sites (tertiary alicyclic amines) is 1. The van der Waals surface area contributed by atoms with Gasteiger partial charge >= 0.3 is 0 Å². The molecule has 1 aromatic heterocycles. The number of hydrogen-bond donors (Lipinski definition) is 1. The van der Waals surface area contributed by atoms with Gasteiger partial charge in [0.05, 0.1) is 5.69 Å². The minimum Gasteiger partial charge on any atom is -0.358 e. The molecule has 1 saturated heterocycles. The Morgan fingerprint density at radius 1 is 1.44 bits per heavy atom. The molecule has 0 amide bonds. The number of nitrogens with zero attached hydrogens (tertiary/aromatic N) is 2. The highest BCUT2D eigenvalue weighted by atomic mass is 32.1. The van der Waals surface area contributed by atoms with Gasteiger partial charge in [-0.1, -0.05) is 6.42 Å². The smallest absolute Gasteiger partial charge is 0.183 e. The summed E-state index contributed by atoms with van der Waals surface area (Å²) < 4.78 is 0. The lowest BCUT2D eigenvalue weighted by atomic mass is 10.1. The molecule has 1 fully saturated rings. The van der Waals surface area contributed by atoms with Crippen molar-refractivity contribution in [1.29, 1.82) is 0 Å². The lowest BCUT2D eigenvalue weighted by molar-refractivity contribution is 0.223. The van der Waals surface area contributed by atoms with Crippen molar-refractivity contribution in [3.63, 3.8) is 0 Å². The molecule has 0 saturated carbocycles. The molecule has 3 nitrogen and oxygen atoms in total. The average molecular weight is 239 g/mol. The van der Waals surface area contributed by atoms with Gasteiger partial charge in [0.25, 0.3) is 0 Å². The molecule has 1 aliphatic heterocycles. The Morgan fingerprint density at radius 2 is 2.19 bits per heavy atom. The van der Waals surface area contributed by atoms with E-state index in [1.165, 1.54) is 32.4 Å². The molecule has 2 rings (SSSR count). The molecule has 0 aliphatic carbocycles. The van der Waals surface area contributed by atoms with Crippen LogP contribution in [0.4, 0.5) is 5.13 Å². The van der Waals surface area contributed by atoms with Crippen molar-refractivity contribution >= 4 is 16.5 Å². The van der Waals surface area contributed by atoms with Crippen LogP contribution in [0.1, 0.15) is 31.9 Å². The van der Waals surface area contributed by atoms with E-state index in [9.17, 15) is 0 Å². The summed E-state index contributed by atoms with van der Waals surface area (Å²) >= 11 is 1.70. The highest BCUT2D eigenvalue weighted by Crippen LogP contribution is 2.16. The van der Waals surface area contributed by atoms with Crippen LogP contribution in [-0.4, -0.2) is 35.6 Å². The SMILES string of the molecule is Cc1csc(NC(C)CN2CCCCC2)n1. The van der Waals surface area contributed by atoms with Gasteiger partial charge in [-0.15, -0.1) is 11.3 Å².